The minimum absolute atomic E-state index is 0.0689. The van der Waals surface area contributed by atoms with Crippen molar-refractivity contribution in [3.8, 4) is 0 Å². The normalized spacial score (nSPS) is 17.5. The van der Waals surface area contributed by atoms with Crippen LogP contribution in [0.25, 0.3) is 0 Å². The zero-order chi connectivity index (χ0) is 31.1. The molecule has 0 spiro atoms. The van der Waals surface area contributed by atoms with Crippen molar-refractivity contribution in [3.63, 3.8) is 0 Å². The van der Waals surface area contributed by atoms with Crippen LogP contribution in [0.3, 0.4) is 0 Å². The minimum Gasteiger partial charge on any atom is -0.475 e. The molecule has 1 atom stereocenters. The second-order valence-electron chi connectivity index (χ2n) is 10.1. The average Bonchev–Trinajstić information content (AvgIpc) is 2.92. The summed E-state index contributed by atoms with van der Waals surface area (Å²) in [5, 5.41) is 13.1. The van der Waals surface area contributed by atoms with Gasteiger partial charge in [-0.3, -0.25) is 14.3 Å². The Morgan fingerprint density at radius 2 is 1.64 bits per heavy atom. The molecule has 2 aliphatic rings. The van der Waals surface area contributed by atoms with Crippen molar-refractivity contribution >= 4 is 44.9 Å². The standard InChI is InChI=1S/C25H33N5O4S.C2HF3O2/c1-18-4-3-13-30(17-18)25(32)20-5-10-24(29-14-11-26-12-15-29)23(16-20)28-35(33,34)22-8-6-21(7-9-22)27-19(2)31;3-2(4,5)1(6)7/h5-10,16,18,26,28H,3-4,11-15,17H2,1-2H3,(H,27,31);(H,6,7). The van der Waals surface area contributed by atoms with E-state index in [1.807, 2.05) is 11.0 Å². The van der Waals surface area contributed by atoms with Crippen molar-refractivity contribution in [1.82, 2.24) is 10.2 Å². The molecule has 0 aromatic heterocycles. The molecule has 4 rings (SSSR count). The van der Waals surface area contributed by atoms with Gasteiger partial charge in [0.1, 0.15) is 0 Å². The van der Waals surface area contributed by atoms with E-state index in [4.69, 9.17) is 9.90 Å². The number of aliphatic carboxylic acids is 1. The number of carbonyl (C=O) groups excluding carboxylic acids is 2. The molecule has 15 heteroatoms. The topological polar surface area (TPSA) is 148 Å². The third kappa shape index (κ3) is 9.08. The summed E-state index contributed by atoms with van der Waals surface area (Å²) in [6.07, 6.45) is -3.00. The van der Waals surface area contributed by atoms with E-state index in [1.165, 1.54) is 19.1 Å². The van der Waals surface area contributed by atoms with Gasteiger partial charge in [-0.25, -0.2) is 13.2 Å². The SMILES string of the molecule is CC(=O)Nc1ccc(S(=O)(=O)Nc2cc(C(=O)N3CCCC(C)C3)ccc2N2CCNCC2)cc1.O=C(O)C(F)(F)F. The van der Waals surface area contributed by atoms with Gasteiger partial charge in [-0.15, -0.1) is 0 Å². The number of likely N-dealkylation sites (tertiary alicyclic amines) is 1. The lowest BCUT2D eigenvalue weighted by molar-refractivity contribution is -0.192. The summed E-state index contributed by atoms with van der Waals surface area (Å²) in [7, 11) is -3.93. The lowest BCUT2D eigenvalue weighted by Gasteiger charge is -2.33. The third-order valence-corrected chi connectivity index (χ3v) is 8.00. The molecule has 11 nitrogen and oxygen atoms in total. The number of amides is 2. The van der Waals surface area contributed by atoms with E-state index in [0.717, 1.165) is 44.7 Å². The maximum absolute atomic E-state index is 13.3. The number of halogens is 3. The molecule has 2 aromatic rings. The number of hydrogen-bond acceptors (Lipinski definition) is 7. The van der Waals surface area contributed by atoms with E-state index in [9.17, 15) is 31.2 Å². The molecule has 2 aliphatic heterocycles. The van der Waals surface area contributed by atoms with Crippen molar-refractivity contribution in [1.29, 1.82) is 0 Å². The Balaban J connectivity index is 0.000000616. The van der Waals surface area contributed by atoms with E-state index in [2.05, 4.69) is 27.2 Å². The summed E-state index contributed by atoms with van der Waals surface area (Å²) in [4.78, 5) is 37.4. The molecule has 230 valence electrons. The van der Waals surface area contributed by atoms with E-state index in [-0.39, 0.29) is 16.7 Å². The highest BCUT2D eigenvalue weighted by molar-refractivity contribution is 7.92. The summed E-state index contributed by atoms with van der Waals surface area (Å²) >= 11 is 0. The van der Waals surface area contributed by atoms with Gasteiger partial charge in [-0.2, -0.15) is 13.2 Å². The van der Waals surface area contributed by atoms with Crippen LogP contribution in [0, 0.1) is 5.92 Å². The number of nitrogens with one attached hydrogen (secondary N) is 3. The predicted molar refractivity (Wildman–Crippen MR) is 151 cm³/mol. The maximum atomic E-state index is 13.3. The Morgan fingerprint density at radius 1 is 1.02 bits per heavy atom. The van der Waals surface area contributed by atoms with Gasteiger partial charge in [0.2, 0.25) is 5.91 Å². The smallest absolute Gasteiger partial charge is 0.475 e. The number of rotatable bonds is 6. The Labute approximate surface area is 242 Å². The lowest BCUT2D eigenvalue weighted by Crippen LogP contribution is -2.44. The fraction of sp³-hybridized carbons (Fsp3) is 0.444. The number of nitrogens with zero attached hydrogens (tertiary/aromatic N) is 2. The molecule has 42 heavy (non-hydrogen) atoms. The van der Waals surface area contributed by atoms with Gasteiger partial charge in [0.15, 0.2) is 0 Å². The third-order valence-electron chi connectivity index (χ3n) is 6.62. The maximum Gasteiger partial charge on any atom is 0.490 e. The first-order chi connectivity index (χ1) is 19.7. The van der Waals surface area contributed by atoms with Gasteiger partial charge in [0.25, 0.3) is 15.9 Å². The number of carboxylic acid groups (broad SMARTS) is 1. The molecular formula is C27H34F3N5O6S. The number of alkyl halides is 3. The highest BCUT2D eigenvalue weighted by Crippen LogP contribution is 2.31. The van der Waals surface area contributed by atoms with Gasteiger partial charge in [-0.05, 0) is 61.2 Å². The molecular weight excluding hydrogens is 579 g/mol. The highest BCUT2D eigenvalue weighted by Gasteiger charge is 2.38. The second-order valence-corrected chi connectivity index (χ2v) is 11.8. The Hall–Kier alpha value is -3.85. The van der Waals surface area contributed by atoms with Gasteiger partial charge in [0, 0.05) is 57.4 Å². The number of carbonyl (C=O) groups is 3. The molecule has 2 heterocycles. The summed E-state index contributed by atoms with van der Waals surface area (Å²) in [6.45, 7) is 8.01. The molecule has 2 fully saturated rings. The monoisotopic (exact) mass is 613 g/mol. The molecule has 0 radical (unpaired) electrons. The molecule has 4 N–H and O–H groups in total. The summed E-state index contributed by atoms with van der Waals surface area (Å²) in [5.74, 6) is -2.62. The van der Waals surface area contributed by atoms with E-state index >= 15 is 0 Å². The summed E-state index contributed by atoms with van der Waals surface area (Å²) in [5.41, 5.74) is 2.11. The quantitative estimate of drug-likeness (QED) is 0.388. The summed E-state index contributed by atoms with van der Waals surface area (Å²) < 4.78 is 61.0. The van der Waals surface area contributed by atoms with Crippen molar-refractivity contribution in [2.45, 2.75) is 37.8 Å². The molecule has 2 amide bonds. The number of benzene rings is 2. The van der Waals surface area contributed by atoms with Crippen molar-refractivity contribution in [2.75, 3.05) is 54.2 Å². The van der Waals surface area contributed by atoms with E-state index < -0.39 is 22.2 Å². The number of hydrogen-bond donors (Lipinski definition) is 4. The molecule has 0 saturated carbocycles. The molecule has 0 bridgehead atoms. The first kappa shape index (κ1) is 32.7. The van der Waals surface area contributed by atoms with Crippen molar-refractivity contribution < 1.29 is 41.1 Å². The van der Waals surface area contributed by atoms with Crippen LogP contribution in [0.15, 0.2) is 47.4 Å². The van der Waals surface area contributed by atoms with Crippen LogP contribution in [0.2, 0.25) is 0 Å². The number of anilines is 3. The fourth-order valence-corrected chi connectivity index (χ4v) is 5.68. The molecule has 1 unspecified atom stereocenters. The zero-order valence-corrected chi connectivity index (χ0v) is 24.0. The number of piperazine rings is 1. The molecule has 0 aliphatic carbocycles. The van der Waals surface area contributed by atoms with Crippen LogP contribution >= 0.6 is 0 Å². The molecule has 2 aromatic carbocycles. The van der Waals surface area contributed by atoms with E-state index in [1.54, 1.807) is 24.3 Å². The van der Waals surface area contributed by atoms with Crippen LogP contribution in [-0.2, 0) is 19.6 Å². The van der Waals surface area contributed by atoms with E-state index in [0.29, 0.717) is 35.9 Å². The largest absolute Gasteiger partial charge is 0.490 e. The van der Waals surface area contributed by atoms with Crippen LogP contribution in [0.1, 0.15) is 37.0 Å². The first-order valence-electron chi connectivity index (χ1n) is 13.3. The second kappa shape index (κ2) is 13.9. The number of carboxylic acids is 1. The Morgan fingerprint density at radius 3 is 2.19 bits per heavy atom. The fourth-order valence-electron chi connectivity index (χ4n) is 4.61. The number of sulfonamides is 1. The van der Waals surface area contributed by atoms with Gasteiger partial charge < -0.3 is 25.5 Å². The van der Waals surface area contributed by atoms with Crippen LogP contribution < -0.4 is 20.3 Å². The van der Waals surface area contributed by atoms with Crippen LogP contribution in [0.5, 0.6) is 0 Å². The Kier molecular flexibility index (Phi) is 10.8. The number of piperidine rings is 1. The first-order valence-corrected chi connectivity index (χ1v) is 14.8. The van der Waals surface area contributed by atoms with Crippen LogP contribution in [-0.4, -0.2) is 81.7 Å². The summed E-state index contributed by atoms with van der Waals surface area (Å²) in [6, 6.07) is 11.3. The Bertz CT molecular complexity index is 1380. The van der Waals surface area contributed by atoms with Crippen LogP contribution in [0.4, 0.5) is 30.2 Å². The zero-order valence-electron chi connectivity index (χ0n) is 23.2. The van der Waals surface area contributed by atoms with Gasteiger partial charge >= 0.3 is 12.1 Å². The van der Waals surface area contributed by atoms with Gasteiger partial charge in [-0.1, -0.05) is 6.92 Å². The van der Waals surface area contributed by atoms with Crippen molar-refractivity contribution in [2.24, 2.45) is 5.92 Å². The predicted octanol–water partition coefficient (Wildman–Crippen LogP) is 3.36. The highest BCUT2D eigenvalue weighted by atomic mass is 32.2. The average molecular weight is 614 g/mol. The lowest BCUT2D eigenvalue weighted by atomic mass is 9.99. The minimum atomic E-state index is -5.08. The van der Waals surface area contributed by atoms with Gasteiger partial charge in [0.05, 0.1) is 16.3 Å². The molecule has 2 saturated heterocycles. The van der Waals surface area contributed by atoms with Crippen molar-refractivity contribution in [3.05, 3.63) is 48.0 Å².